The fourth-order valence-corrected chi connectivity index (χ4v) is 20.1. The minimum Gasteiger partial charge on any atom is -0.479 e. The van der Waals surface area contributed by atoms with Crippen molar-refractivity contribution in [2.75, 3.05) is 39.5 Å². The minimum atomic E-state index is -3.87. The summed E-state index contributed by atoms with van der Waals surface area (Å²) in [6.07, 6.45) is 24.8. The zero-order valence-corrected chi connectivity index (χ0v) is 77.5. The van der Waals surface area contributed by atoms with E-state index in [-0.39, 0.29) is 78.0 Å². The second-order valence-corrected chi connectivity index (χ2v) is 38.7. The van der Waals surface area contributed by atoms with Crippen LogP contribution in [0, 0.1) is 17.8 Å². The number of rotatable bonds is 23. The van der Waals surface area contributed by atoms with E-state index in [4.69, 9.17) is 28.4 Å². The van der Waals surface area contributed by atoms with E-state index in [9.17, 15) is 76.2 Å². The summed E-state index contributed by atoms with van der Waals surface area (Å²) in [6.45, 7) is 17.9. The van der Waals surface area contributed by atoms with E-state index < -0.39 is 176 Å². The number of allylic oxidation sites excluding steroid dienone is 1. The molecule has 12 bridgehead atoms. The molecule has 36 heteroatoms. The first-order valence-electron chi connectivity index (χ1n) is 47.4. The number of aromatic nitrogens is 3. The standard InChI is InChI=1S/C35H45N5O8S.C32H40N4O7.C32H38N4O7/c1-3-5-10-28-32(42)40-21-25(19-29(40)30(41)38-35(20-24(35)4-2)33(43)39-49(45,46)26-13-14-26)48-31-27-18-22(11-12-23(27)15-16-36-31)9-7-6-8-17-47-34(44)37-28;2*1-3-5-10-25-29(38)36-19-23(17-26(36)27(37)35-32(30(39)40)18-22(32)4-2)43-28-24-16-20(11-12-21(24)13-14-33-28)9-7-6-8-15-42-31(41)34-25/h4,11-12,15-16,18,24-26,28-29H,2-3,5-10,13-14,17,19-21H2,1H3,(H,37,44)(H,38,41)(H,39,43);4,11-14,16,22-23,25-26H,2-3,5-10,15,17-19H2,1H3,(H,34,41)(H,35,37)(H,39,40);4,7,9,11-14,16,22-23,25-26H,2-3,5-6,8,10,15,17-19H2,1H3,(H,34,41)(H,35,37)(H,39,40)/b;;9-7+/t24-,25-,28+,29+,35-;2*22-,23-,25+,26+,32-/m111/s1. The van der Waals surface area contributed by atoms with Gasteiger partial charge in [0.05, 0.1) is 44.7 Å². The number of pyridine rings is 3. The number of carbonyl (C=O) groups is 12. The highest BCUT2D eigenvalue weighted by Gasteiger charge is 2.64. The number of carboxylic acid groups (broad SMARTS) is 2. The number of carboxylic acids is 2. The molecule has 0 radical (unpaired) electrons. The summed E-state index contributed by atoms with van der Waals surface area (Å²) >= 11 is 0. The number of unbranched alkanes of at least 4 members (excludes halogenated alkanes) is 3. The number of sulfonamides is 1. The predicted molar refractivity (Wildman–Crippen MR) is 498 cm³/mol. The third-order valence-electron chi connectivity index (χ3n) is 27.1. The first-order chi connectivity index (χ1) is 65.0. The number of nitrogens with zero attached hydrogens (tertiary/aromatic N) is 6. The third-order valence-corrected chi connectivity index (χ3v) is 28.9. The Hall–Kier alpha value is -12.8. The van der Waals surface area contributed by atoms with Crippen molar-refractivity contribution < 1.29 is 105 Å². The SMILES string of the molecule is C=C[C@@H]1C[C@]1(NC(=O)[C@@H]1C[C@@H]2CN1C(=O)[C@H](CCCC)NC(=O)OCCC/C=C/c1ccc3ccnc(c3c1)O2)C(=O)O.C=C[C@@H]1C[C@]1(NC(=O)[C@@H]1C[C@@H]2CN1C(=O)[C@H](CCCC)NC(=O)OCCCCCc1ccc3ccnc(c3c1)O2)C(=O)NS(=O)(=O)C1CC1.C=C[C@@H]1C[C@]1(NC(=O)[C@@H]1C[C@@H]2CN1C(=O)[C@H](CCCC)NC(=O)OCCCCCc1ccc3ccnc(c3c1)O2)C(=O)O. The van der Waals surface area contributed by atoms with Crippen LogP contribution in [0.3, 0.4) is 0 Å². The molecular formula is C99H123N13O22S. The minimum absolute atomic E-state index is 0.0220. The Labute approximate surface area is 784 Å². The van der Waals surface area contributed by atoms with Gasteiger partial charge in [0.25, 0.3) is 5.91 Å². The fraction of sp³-hybridized carbons (Fsp3) is 0.525. The van der Waals surface area contributed by atoms with Gasteiger partial charge in [0.1, 0.15) is 71.2 Å². The third kappa shape index (κ3) is 23.4. The van der Waals surface area contributed by atoms with Crippen LogP contribution in [0.25, 0.3) is 38.4 Å². The summed E-state index contributed by atoms with van der Waals surface area (Å²) in [4.78, 5) is 177. The number of carbonyl (C=O) groups excluding carboxylic acids is 10. The number of aryl methyl sites for hydroxylation is 2. The smallest absolute Gasteiger partial charge is 0.407 e. The summed E-state index contributed by atoms with van der Waals surface area (Å²) in [7, 11) is -3.87. The lowest BCUT2D eigenvalue weighted by molar-refractivity contribution is -0.146. The molecule has 10 aliphatic rings. The molecule has 722 valence electrons. The quantitative estimate of drug-likeness (QED) is 0.0212. The van der Waals surface area contributed by atoms with Gasteiger partial charge in [0.15, 0.2) is 0 Å². The van der Waals surface area contributed by atoms with Crippen LogP contribution in [-0.4, -0.2) is 236 Å². The van der Waals surface area contributed by atoms with Gasteiger partial charge in [0.2, 0.25) is 63.1 Å². The highest BCUT2D eigenvalue weighted by atomic mass is 32.2. The number of hydrogen-bond acceptors (Lipinski definition) is 23. The Morgan fingerprint density at radius 3 is 1.21 bits per heavy atom. The van der Waals surface area contributed by atoms with E-state index in [1.54, 1.807) is 18.6 Å². The summed E-state index contributed by atoms with van der Waals surface area (Å²) in [5.41, 5.74) is -1.23. The van der Waals surface area contributed by atoms with Crippen LogP contribution in [0.2, 0.25) is 0 Å². The lowest BCUT2D eigenvalue weighted by Gasteiger charge is -2.29. The topological polar surface area (TPSA) is 467 Å². The van der Waals surface area contributed by atoms with Crippen LogP contribution in [0.4, 0.5) is 14.4 Å². The molecule has 6 aromatic rings. The van der Waals surface area contributed by atoms with Crippen molar-refractivity contribution in [2.24, 2.45) is 17.8 Å². The van der Waals surface area contributed by atoms with Crippen LogP contribution in [0.15, 0.2) is 135 Å². The number of hydrogen-bond donors (Lipinski definition) is 9. The molecule has 4 saturated carbocycles. The maximum Gasteiger partial charge on any atom is 0.407 e. The van der Waals surface area contributed by atoms with Crippen molar-refractivity contribution in [1.29, 1.82) is 0 Å². The molecule has 4 aliphatic carbocycles. The Morgan fingerprint density at radius 2 is 0.844 bits per heavy atom. The lowest BCUT2D eigenvalue weighted by atomic mass is 10.0. The molecule has 9 N–H and O–H groups in total. The van der Waals surface area contributed by atoms with E-state index in [0.717, 1.165) is 107 Å². The number of aliphatic carboxylic acids is 2. The highest BCUT2D eigenvalue weighted by Crippen LogP contribution is 2.48. The molecule has 0 unspecified atom stereocenters. The molecule has 15 atom stereocenters. The number of nitrogens with one attached hydrogen (secondary N) is 7. The molecule has 3 aromatic carbocycles. The fourth-order valence-electron chi connectivity index (χ4n) is 18.8. The van der Waals surface area contributed by atoms with Crippen molar-refractivity contribution >= 4 is 120 Å². The number of benzene rings is 3. The second kappa shape index (κ2) is 43.7. The highest BCUT2D eigenvalue weighted by molar-refractivity contribution is 7.91. The van der Waals surface area contributed by atoms with Gasteiger partial charge in [-0.2, -0.15) is 0 Å². The zero-order valence-electron chi connectivity index (χ0n) is 76.7. The molecule has 135 heavy (non-hydrogen) atoms. The number of ether oxygens (including phenoxy) is 6. The number of amides is 10. The largest absolute Gasteiger partial charge is 0.479 e. The van der Waals surface area contributed by atoms with Crippen LogP contribution in [-0.2, 0) is 80.2 Å². The molecule has 35 nitrogen and oxygen atoms in total. The second-order valence-electron chi connectivity index (χ2n) is 36.8. The molecule has 9 heterocycles. The lowest BCUT2D eigenvalue weighted by Crippen LogP contribution is -2.58. The average molecular weight is 1880 g/mol. The molecular weight excluding hydrogens is 1760 g/mol. The summed E-state index contributed by atoms with van der Waals surface area (Å²) in [5, 5.41) is 40.8. The monoisotopic (exact) mass is 1880 g/mol. The van der Waals surface area contributed by atoms with Gasteiger partial charge in [-0.3, -0.25) is 38.3 Å². The number of alkyl carbamates (subject to hydrolysis) is 3. The van der Waals surface area contributed by atoms with Gasteiger partial charge in [0, 0.05) is 71.8 Å². The Balaban J connectivity index is 0.000000163. The molecule has 3 saturated heterocycles. The summed E-state index contributed by atoms with van der Waals surface area (Å²) < 4.78 is 62.8. The Bertz CT molecular complexity index is 5640. The zero-order chi connectivity index (χ0) is 95.9. The molecule has 6 aliphatic heterocycles. The van der Waals surface area contributed by atoms with Crippen molar-refractivity contribution in [3.8, 4) is 17.6 Å². The molecule has 0 spiro atoms. The van der Waals surface area contributed by atoms with Gasteiger partial charge in [-0.15, -0.1) is 19.7 Å². The van der Waals surface area contributed by atoms with Crippen molar-refractivity contribution in [3.05, 3.63) is 152 Å². The van der Waals surface area contributed by atoms with E-state index in [0.29, 0.717) is 94.7 Å². The molecule has 3 aromatic heterocycles. The maximum absolute atomic E-state index is 14.2. The summed E-state index contributed by atoms with van der Waals surface area (Å²) in [5.74, 6) is -6.40. The number of fused-ring (bicyclic) bond motifs is 9. The molecule has 10 amide bonds. The van der Waals surface area contributed by atoms with Gasteiger partial charge in [-0.25, -0.2) is 47.3 Å². The van der Waals surface area contributed by atoms with Crippen LogP contribution < -0.4 is 50.8 Å². The average Bonchev–Trinajstić information content (AvgIpc) is 1.58. The summed E-state index contributed by atoms with van der Waals surface area (Å²) in [6, 6.07) is 18.1. The first-order valence-corrected chi connectivity index (χ1v) is 49.0. The van der Waals surface area contributed by atoms with Gasteiger partial charge < -0.3 is 85.2 Å². The first kappa shape index (κ1) is 98.2. The van der Waals surface area contributed by atoms with Crippen molar-refractivity contribution in [1.82, 2.24) is 66.3 Å². The van der Waals surface area contributed by atoms with E-state index in [2.05, 4.69) is 89.5 Å². The molecule has 7 fully saturated rings. The van der Waals surface area contributed by atoms with Crippen LogP contribution in [0.1, 0.15) is 198 Å². The van der Waals surface area contributed by atoms with Crippen molar-refractivity contribution in [3.63, 3.8) is 0 Å². The van der Waals surface area contributed by atoms with E-state index in [1.165, 1.54) is 32.9 Å². The maximum atomic E-state index is 14.2. The normalized spacial score (nSPS) is 27.9. The number of cyclic esters (lactones) is 3. The van der Waals surface area contributed by atoms with Crippen LogP contribution >= 0.6 is 0 Å². The van der Waals surface area contributed by atoms with E-state index in [1.807, 2.05) is 87.5 Å². The van der Waals surface area contributed by atoms with E-state index >= 15 is 0 Å². The van der Waals surface area contributed by atoms with Gasteiger partial charge in [-0.05, 0) is 185 Å². The van der Waals surface area contributed by atoms with Gasteiger partial charge >= 0.3 is 30.2 Å². The molecule has 16 rings (SSSR count). The van der Waals surface area contributed by atoms with Gasteiger partial charge in [-0.1, -0.05) is 126 Å². The van der Waals surface area contributed by atoms with Crippen molar-refractivity contribution in [2.45, 2.75) is 271 Å². The Morgan fingerprint density at radius 1 is 0.481 bits per heavy atom. The Kier molecular flexibility index (Phi) is 31.8. The predicted octanol–water partition coefficient (Wildman–Crippen LogP) is 10.8. The van der Waals surface area contributed by atoms with Crippen LogP contribution in [0.5, 0.6) is 17.6 Å².